The molecule has 3 rings (SSSR count). The van der Waals surface area contributed by atoms with Gasteiger partial charge in [-0.05, 0) is 11.1 Å². The second kappa shape index (κ2) is 9.24. The van der Waals surface area contributed by atoms with Crippen molar-refractivity contribution in [1.29, 1.82) is 0 Å². The molecule has 0 aliphatic carbocycles. The van der Waals surface area contributed by atoms with Crippen molar-refractivity contribution in [2.24, 2.45) is 0 Å². The first-order valence-corrected chi connectivity index (χ1v) is 8.75. The van der Waals surface area contributed by atoms with E-state index in [9.17, 15) is 24.5 Å². The lowest BCUT2D eigenvalue weighted by Crippen LogP contribution is -2.31. The first kappa shape index (κ1) is 20.4. The number of benzene rings is 2. The van der Waals surface area contributed by atoms with Gasteiger partial charge in [0.1, 0.15) is 18.6 Å². The lowest BCUT2D eigenvalue weighted by molar-refractivity contribution is -0.384. The largest absolute Gasteiger partial charge is 0.444 e. The van der Waals surface area contributed by atoms with Gasteiger partial charge in [0.25, 0.3) is 11.2 Å². The Balaban J connectivity index is 1.66. The fourth-order valence-corrected chi connectivity index (χ4v) is 2.54. The number of non-ortho nitro benzene ring substituents is 1. The number of hydrogen-bond donors (Lipinski definition) is 1. The average Bonchev–Trinajstić information content (AvgIpc) is 2.75. The number of nitrogens with one attached hydrogen (secondary N) is 1. The Morgan fingerprint density at radius 1 is 1.07 bits per heavy atom. The van der Waals surface area contributed by atoms with E-state index in [0.29, 0.717) is 5.56 Å². The van der Waals surface area contributed by atoms with E-state index in [2.05, 4.69) is 10.3 Å². The lowest BCUT2D eigenvalue weighted by atomic mass is 10.1. The van der Waals surface area contributed by atoms with E-state index in [1.54, 1.807) is 24.3 Å². The van der Waals surface area contributed by atoms with Crippen LogP contribution in [0.5, 0.6) is 0 Å². The summed E-state index contributed by atoms with van der Waals surface area (Å²) in [6.45, 7) is 0.0141. The van der Waals surface area contributed by atoms with Crippen molar-refractivity contribution in [3.8, 4) is 0 Å². The summed E-state index contributed by atoms with van der Waals surface area (Å²) >= 11 is 0. The molecule has 0 bridgehead atoms. The Bertz CT molecular complexity index is 1130. The number of carbonyl (C=O) groups is 2. The highest BCUT2D eigenvalue weighted by molar-refractivity contribution is 5.86. The predicted octanol–water partition coefficient (Wildman–Crippen LogP) is 2.78. The van der Waals surface area contributed by atoms with Crippen molar-refractivity contribution in [3.05, 3.63) is 98.7 Å². The van der Waals surface area contributed by atoms with E-state index in [-0.39, 0.29) is 24.4 Å². The molecule has 30 heavy (non-hydrogen) atoms. The van der Waals surface area contributed by atoms with Gasteiger partial charge in [0, 0.05) is 12.1 Å². The summed E-state index contributed by atoms with van der Waals surface area (Å²) in [6, 6.07) is 14.4. The zero-order chi connectivity index (χ0) is 21.5. The predicted molar refractivity (Wildman–Crippen MR) is 106 cm³/mol. The molecule has 0 atom stereocenters. The van der Waals surface area contributed by atoms with Crippen LogP contribution in [-0.2, 0) is 17.8 Å². The number of carbonyl (C=O) groups excluding carboxylic acids is 2. The molecule has 10 nitrogen and oxygen atoms in total. The van der Waals surface area contributed by atoms with Gasteiger partial charge >= 0.3 is 6.09 Å². The normalized spacial score (nSPS) is 10.3. The minimum atomic E-state index is -0.863. The first-order chi connectivity index (χ1) is 14.4. The lowest BCUT2D eigenvalue weighted by Gasteiger charge is -2.09. The third-order valence-corrected chi connectivity index (χ3v) is 4.06. The van der Waals surface area contributed by atoms with Gasteiger partial charge in [0.15, 0.2) is 0 Å². The number of nitrogens with zero attached hydrogens (tertiary/aromatic N) is 3. The molecule has 0 saturated carbocycles. The molecule has 1 heterocycles. The summed E-state index contributed by atoms with van der Waals surface area (Å²) in [6.07, 6.45) is 1.11. The highest BCUT2D eigenvalue weighted by atomic mass is 16.6. The molecular weight excluding hydrogens is 392 g/mol. The number of amides is 1. The Labute approximate surface area is 169 Å². The van der Waals surface area contributed by atoms with Gasteiger partial charge in [-0.1, -0.05) is 42.5 Å². The van der Waals surface area contributed by atoms with Crippen LogP contribution in [0.4, 0.5) is 16.2 Å². The molecule has 1 amide bonds. The molecule has 0 unspecified atom stereocenters. The highest BCUT2D eigenvalue weighted by Crippen LogP contribution is 2.12. The monoisotopic (exact) mass is 408 g/mol. The summed E-state index contributed by atoms with van der Waals surface area (Å²) in [5.41, 5.74) is 0.166. The summed E-state index contributed by atoms with van der Waals surface area (Å²) in [5, 5.41) is 13.0. The van der Waals surface area contributed by atoms with Crippen LogP contribution in [0.2, 0.25) is 0 Å². The van der Waals surface area contributed by atoms with Crippen molar-refractivity contribution in [2.75, 3.05) is 5.32 Å². The standard InChI is InChI=1S/C20H16N4O6/c25-18(10-14-6-8-16(9-7-14)24(28)29)23-13-21-11-17(19(23)26)22-20(27)30-12-15-4-2-1-3-5-15/h1-9,11,13H,10,12H2,(H,22,27). The SMILES string of the molecule is O=C(Nc1cncn(C(=O)Cc2ccc([N+](=O)[O-])cc2)c1=O)OCc1ccccc1. The molecule has 0 aliphatic rings. The number of ether oxygens (including phenoxy) is 1. The van der Waals surface area contributed by atoms with Gasteiger partial charge in [0.05, 0.1) is 17.5 Å². The van der Waals surface area contributed by atoms with Gasteiger partial charge in [-0.25, -0.2) is 14.3 Å². The fraction of sp³-hybridized carbons (Fsp3) is 0.100. The molecule has 1 N–H and O–H groups in total. The topological polar surface area (TPSA) is 133 Å². The Hall–Kier alpha value is -4.34. The number of nitro benzene ring substituents is 1. The second-order valence-electron chi connectivity index (χ2n) is 6.16. The van der Waals surface area contributed by atoms with Crippen LogP contribution < -0.4 is 10.9 Å². The molecule has 2 aromatic carbocycles. The van der Waals surface area contributed by atoms with Crippen LogP contribution in [0.3, 0.4) is 0 Å². The number of nitro groups is 1. The van der Waals surface area contributed by atoms with Crippen LogP contribution in [0.25, 0.3) is 0 Å². The van der Waals surface area contributed by atoms with Gasteiger partial charge in [-0.2, -0.15) is 0 Å². The zero-order valence-corrected chi connectivity index (χ0v) is 15.6. The molecule has 0 aliphatic heterocycles. The molecule has 0 saturated heterocycles. The van der Waals surface area contributed by atoms with Crippen LogP contribution in [-0.4, -0.2) is 26.5 Å². The third-order valence-electron chi connectivity index (χ3n) is 4.06. The van der Waals surface area contributed by atoms with Crippen molar-refractivity contribution < 1.29 is 19.2 Å². The number of hydrogen-bond acceptors (Lipinski definition) is 7. The summed E-state index contributed by atoms with van der Waals surface area (Å²) in [5.74, 6) is -0.609. The van der Waals surface area contributed by atoms with E-state index in [0.717, 1.165) is 22.7 Å². The van der Waals surface area contributed by atoms with Gasteiger partial charge in [0.2, 0.25) is 5.91 Å². The van der Waals surface area contributed by atoms with E-state index in [4.69, 9.17) is 4.74 Å². The van der Waals surface area contributed by atoms with Crippen LogP contribution >= 0.6 is 0 Å². The molecular formula is C20H16N4O6. The average molecular weight is 408 g/mol. The molecule has 0 fully saturated rings. The molecule has 10 heteroatoms. The number of aromatic nitrogens is 2. The zero-order valence-electron chi connectivity index (χ0n) is 15.6. The van der Waals surface area contributed by atoms with Crippen LogP contribution in [0.15, 0.2) is 71.9 Å². The van der Waals surface area contributed by atoms with Crippen LogP contribution in [0.1, 0.15) is 15.9 Å². The molecule has 0 spiro atoms. The maximum atomic E-state index is 12.5. The van der Waals surface area contributed by atoms with Gasteiger partial charge < -0.3 is 4.74 Å². The van der Waals surface area contributed by atoms with Gasteiger partial charge in [-0.15, -0.1) is 0 Å². The van der Waals surface area contributed by atoms with Crippen molar-refractivity contribution in [2.45, 2.75) is 13.0 Å². The Morgan fingerprint density at radius 2 is 1.77 bits per heavy atom. The third kappa shape index (κ3) is 5.13. The quantitative estimate of drug-likeness (QED) is 0.490. The smallest absolute Gasteiger partial charge is 0.412 e. The van der Waals surface area contributed by atoms with E-state index >= 15 is 0 Å². The van der Waals surface area contributed by atoms with Crippen LogP contribution in [0, 0.1) is 10.1 Å². The van der Waals surface area contributed by atoms with E-state index in [1.165, 1.54) is 24.3 Å². The fourth-order valence-electron chi connectivity index (χ4n) is 2.54. The second-order valence-corrected chi connectivity index (χ2v) is 6.16. The van der Waals surface area contributed by atoms with Crippen molar-refractivity contribution >= 4 is 23.4 Å². The minimum Gasteiger partial charge on any atom is -0.444 e. The maximum Gasteiger partial charge on any atom is 0.412 e. The van der Waals surface area contributed by atoms with Crippen molar-refractivity contribution in [3.63, 3.8) is 0 Å². The summed E-state index contributed by atoms with van der Waals surface area (Å²) in [7, 11) is 0. The maximum absolute atomic E-state index is 12.5. The van der Waals surface area contributed by atoms with Gasteiger partial charge in [-0.3, -0.25) is 25.0 Å². The van der Waals surface area contributed by atoms with E-state index < -0.39 is 22.5 Å². The molecule has 0 radical (unpaired) electrons. The van der Waals surface area contributed by atoms with E-state index in [1.807, 2.05) is 6.07 Å². The number of anilines is 1. The summed E-state index contributed by atoms with van der Waals surface area (Å²) < 4.78 is 5.81. The molecule has 152 valence electrons. The highest BCUT2D eigenvalue weighted by Gasteiger charge is 2.15. The Morgan fingerprint density at radius 3 is 2.43 bits per heavy atom. The Kier molecular flexibility index (Phi) is 6.28. The first-order valence-electron chi connectivity index (χ1n) is 8.75. The molecule has 1 aromatic heterocycles. The van der Waals surface area contributed by atoms with Crippen molar-refractivity contribution in [1.82, 2.24) is 9.55 Å². The minimum absolute atomic E-state index is 0.0141. The number of rotatable bonds is 6. The molecule has 3 aromatic rings. The summed E-state index contributed by atoms with van der Waals surface area (Å²) in [4.78, 5) is 50.8.